The number of benzene rings is 1. The molecule has 0 radical (unpaired) electrons. The van der Waals surface area contributed by atoms with Crippen molar-refractivity contribution in [1.29, 1.82) is 0 Å². The topological polar surface area (TPSA) is 15.3 Å². The van der Waals surface area contributed by atoms with Crippen molar-refractivity contribution in [3.05, 3.63) is 26.8 Å². The van der Waals surface area contributed by atoms with E-state index in [9.17, 15) is 0 Å². The fraction of sp³-hybridized carbons (Fsp3) is 0.600. The number of nitrogens with zero attached hydrogens (tertiary/aromatic N) is 1. The molecule has 0 aromatic heterocycles. The standard InChI is InChI=1S/C15H22ClIN2/c1-10(2)14-8-18-15(3,4)9-19(14)13-6-5-11(16)7-12(13)17/h5-7,10,14,18H,8-9H2,1-4H3. The van der Waals surface area contributed by atoms with Crippen molar-refractivity contribution in [3.8, 4) is 0 Å². The highest BCUT2D eigenvalue weighted by Crippen LogP contribution is 2.32. The largest absolute Gasteiger partial charge is 0.364 e. The normalized spacial score (nSPS) is 22.9. The van der Waals surface area contributed by atoms with Gasteiger partial charge in [0.25, 0.3) is 0 Å². The van der Waals surface area contributed by atoms with Gasteiger partial charge in [0.05, 0.1) is 5.69 Å². The zero-order valence-corrected chi connectivity index (χ0v) is 14.9. The molecule has 1 aromatic rings. The molecule has 106 valence electrons. The first kappa shape index (κ1) is 15.4. The van der Waals surface area contributed by atoms with Crippen LogP contribution < -0.4 is 10.2 Å². The highest BCUT2D eigenvalue weighted by atomic mass is 127. The van der Waals surface area contributed by atoms with Crippen LogP contribution in [0.25, 0.3) is 0 Å². The van der Waals surface area contributed by atoms with Crippen molar-refractivity contribution >= 4 is 39.9 Å². The van der Waals surface area contributed by atoms with Crippen LogP contribution in [0.4, 0.5) is 5.69 Å². The lowest BCUT2D eigenvalue weighted by Crippen LogP contribution is -2.63. The summed E-state index contributed by atoms with van der Waals surface area (Å²) in [4.78, 5) is 2.54. The number of hydrogen-bond acceptors (Lipinski definition) is 2. The number of anilines is 1. The van der Waals surface area contributed by atoms with E-state index in [4.69, 9.17) is 11.6 Å². The lowest BCUT2D eigenvalue weighted by atomic mass is 9.92. The maximum Gasteiger partial charge on any atom is 0.0506 e. The molecule has 4 heteroatoms. The average Bonchev–Trinajstić information content (AvgIpc) is 2.27. The van der Waals surface area contributed by atoms with E-state index in [-0.39, 0.29) is 5.54 Å². The summed E-state index contributed by atoms with van der Waals surface area (Å²) in [5, 5.41) is 4.46. The van der Waals surface area contributed by atoms with E-state index in [1.165, 1.54) is 9.26 Å². The molecule has 1 unspecified atom stereocenters. The fourth-order valence-corrected chi connectivity index (χ4v) is 3.84. The maximum atomic E-state index is 6.08. The first-order chi connectivity index (χ1) is 8.80. The molecule has 0 bridgehead atoms. The van der Waals surface area contributed by atoms with Gasteiger partial charge in [-0.3, -0.25) is 0 Å². The van der Waals surface area contributed by atoms with Crippen LogP contribution in [0.2, 0.25) is 5.02 Å². The van der Waals surface area contributed by atoms with Crippen molar-refractivity contribution in [1.82, 2.24) is 5.32 Å². The number of piperazine rings is 1. The summed E-state index contributed by atoms with van der Waals surface area (Å²) in [5.41, 5.74) is 1.45. The molecule has 2 nitrogen and oxygen atoms in total. The Morgan fingerprint density at radius 3 is 2.68 bits per heavy atom. The average molecular weight is 393 g/mol. The molecular formula is C15H22ClIN2. The molecule has 19 heavy (non-hydrogen) atoms. The first-order valence-corrected chi connectivity index (χ1v) is 8.22. The molecule has 1 saturated heterocycles. The molecule has 1 aromatic carbocycles. The zero-order chi connectivity index (χ0) is 14.2. The lowest BCUT2D eigenvalue weighted by Gasteiger charge is -2.47. The third kappa shape index (κ3) is 3.56. The Balaban J connectivity index is 2.36. The van der Waals surface area contributed by atoms with Crippen LogP contribution in [0.15, 0.2) is 18.2 Å². The van der Waals surface area contributed by atoms with E-state index >= 15 is 0 Å². The Hall–Kier alpha value is -0.000000000000000111. The number of rotatable bonds is 2. The summed E-state index contributed by atoms with van der Waals surface area (Å²) in [7, 11) is 0. The minimum Gasteiger partial charge on any atom is -0.364 e. The van der Waals surface area contributed by atoms with Gasteiger partial charge in [0.15, 0.2) is 0 Å². The highest BCUT2D eigenvalue weighted by Gasteiger charge is 2.34. The van der Waals surface area contributed by atoms with Gasteiger partial charge in [0.1, 0.15) is 0 Å². The Kier molecular flexibility index (Phi) is 4.68. The van der Waals surface area contributed by atoms with Gasteiger partial charge in [0.2, 0.25) is 0 Å². The van der Waals surface area contributed by atoms with Crippen LogP contribution in [0.1, 0.15) is 27.7 Å². The first-order valence-electron chi connectivity index (χ1n) is 6.77. The van der Waals surface area contributed by atoms with Crippen LogP contribution >= 0.6 is 34.2 Å². The Morgan fingerprint density at radius 2 is 2.11 bits per heavy atom. The second kappa shape index (κ2) is 5.78. The lowest BCUT2D eigenvalue weighted by molar-refractivity contribution is 0.277. The third-order valence-corrected chi connectivity index (χ3v) is 4.84. The van der Waals surface area contributed by atoms with Crippen molar-refractivity contribution < 1.29 is 0 Å². The number of halogens is 2. The van der Waals surface area contributed by atoms with Gasteiger partial charge in [0, 0.05) is 33.3 Å². The molecule has 1 aliphatic heterocycles. The van der Waals surface area contributed by atoms with Crippen LogP contribution in [0, 0.1) is 9.49 Å². The van der Waals surface area contributed by atoms with E-state index in [1.54, 1.807) is 0 Å². The SMILES string of the molecule is CC(C)C1CNC(C)(C)CN1c1ccc(Cl)cc1I. The molecule has 1 heterocycles. The van der Waals surface area contributed by atoms with E-state index < -0.39 is 0 Å². The molecular weight excluding hydrogens is 371 g/mol. The van der Waals surface area contributed by atoms with Crippen molar-refractivity contribution in [3.63, 3.8) is 0 Å². The molecule has 2 rings (SSSR count). The monoisotopic (exact) mass is 392 g/mol. The Bertz CT molecular complexity index is 459. The summed E-state index contributed by atoms with van der Waals surface area (Å²) < 4.78 is 1.23. The Morgan fingerprint density at radius 1 is 1.42 bits per heavy atom. The minimum absolute atomic E-state index is 0.147. The van der Waals surface area contributed by atoms with Crippen LogP contribution in [-0.4, -0.2) is 24.7 Å². The molecule has 0 amide bonds. The van der Waals surface area contributed by atoms with E-state index in [1.807, 2.05) is 12.1 Å². The highest BCUT2D eigenvalue weighted by molar-refractivity contribution is 14.1. The number of hydrogen-bond donors (Lipinski definition) is 1. The predicted octanol–water partition coefficient (Wildman–Crippen LogP) is 4.16. The molecule has 1 atom stereocenters. The van der Waals surface area contributed by atoms with Gasteiger partial charge < -0.3 is 10.2 Å². The third-order valence-electron chi connectivity index (χ3n) is 3.74. The van der Waals surface area contributed by atoms with Crippen LogP contribution in [0.3, 0.4) is 0 Å². The van der Waals surface area contributed by atoms with Crippen molar-refractivity contribution in [2.24, 2.45) is 5.92 Å². The second-order valence-electron chi connectivity index (χ2n) is 6.30. The summed E-state index contributed by atoms with van der Waals surface area (Å²) in [5.74, 6) is 0.620. The van der Waals surface area contributed by atoms with Gasteiger partial charge in [-0.25, -0.2) is 0 Å². The van der Waals surface area contributed by atoms with Crippen molar-refractivity contribution in [2.45, 2.75) is 39.3 Å². The number of nitrogens with one attached hydrogen (secondary N) is 1. The summed E-state index contributed by atoms with van der Waals surface area (Å²) in [6.45, 7) is 11.2. The van der Waals surface area contributed by atoms with E-state index in [0.717, 1.165) is 18.1 Å². The molecule has 1 N–H and O–H groups in total. The van der Waals surface area contributed by atoms with Gasteiger partial charge in [-0.15, -0.1) is 0 Å². The van der Waals surface area contributed by atoms with Crippen LogP contribution in [0.5, 0.6) is 0 Å². The van der Waals surface area contributed by atoms with Crippen LogP contribution in [-0.2, 0) is 0 Å². The smallest absolute Gasteiger partial charge is 0.0506 e. The second-order valence-corrected chi connectivity index (χ2v) is 7.90. The molecule has 0 spiro atoms. The summed E-state index contributed by atoms with van der Waals surface area (Å²) >= 11 is 8.46. The molecule has 1 aliphatic rings. The van der Waals surface area contributed by atoms with E-state index in [2.05, 4.69) is 66.6 Å². The van der Waals surface area contributed by atoms with E-state index in [0.29, 0.717) is 12.0 Å². The molecule has 1 fully saturated rings. The molecule has 0 saturated carbocycles. The maximum absolute atomic E-state index is 6.08. The summed E-state index contributed by atoms with van der Waals surface area (Å²) in [6, 6.07) is 6.72. The predicted molar refractivity (Wildman–Crippen MR) is 92.2 cm³/mol. The quantitative estimate of drug-likeness (QED) is 0.760. The minimum atomic E-state index is 0.147. The zero-order valence-electron chi connectivity index (χ0n) is 12.0. The van der Waals surface area contributed by atoms with Gasteiger partial charge in [-0.05, 0) is 60.6 Å². The Labute approximate surface area is 135 Å². The fourth-order valence-electron chi connectivity index (χ4n) is 2.66. The van der Waals surface area contributed by atoms with Gasteiger partial charge >= 0.3 is 0 Å². The summed E-state index contributed by atoms with van der Waals surface area (Å²) in [6.07, 6.45) is 0. The van der Waals surface area contributed by atoms with Gasteiger partial charge in [-0.1, -0.05) is 25.4 Å². The van der Waals surface area contributed by atoms with Crippen molar-refractivity contribution in [2.75, 3.05) is 18.0 Å². The van der Waals surface area contributed by atoms with Gasteiger partial charge in [-0.2, -0.15) is 0 Å². The molecule has 0 aliphatic carbocycles.